The summed E-state index contributed by atoms with van der Waals surface area (Å²) >= 11 is 1.48. The molecular weight excluding hydrogens is 460 g/mol. The van der Waals surface area contributed by atoms with Crippen LogP contribution in [0.15, 0.2) is 28.9 Å². The molecule has 2 amide bonds. The van der Waals surface area contributed by atoms with Crippen LogP contribution in [0.25, 0.3) is 0 Å². The first-order chi connectivity index (χ1) is 16.6. The van der Waals surface area contributed by atoms with Crippen LogP contribution in [0.5, 0.6) is 0 Å². The van der Waals surface area contributed by atoms with E-state index in [2.05, 4.69) is 44.1 Å². The number of morpholine rings is 1. The lowest BCUT2D eigenvalue weighted by Crippen LogP contribution is -2.41. The Labute approximate surface area is 211 Å². The number of fused-ring (bicyclic) bond motifs is 1. The van der Waals surface area contributed by atoms with Crippen molar-refractivity contribution in [3.8, 4) is 0 Å². The highest BCUT2D eigenvalue weighted by atomic mass is 32.1. The first-order valence-electron chi connectivity index (χ1n) is 12.4. The molecular formula is C27H36N4O3S. The van der Waals surface area contributed by atoms with Crippen LogP contribution in [0.1, 0.15) is 77.2 Å². The number of rotatable bonds is 5. The van der Waals surface area contributed by atoms with Crippen LogP contribution < -0.4 is 5.32 Å². The van der Waals surface area contributed by atoms with Crippen molar-refractivity contribution in [2.45, 2.75) is 60.4 Å². The van der Waals surface area contributed by atoms with E-state index in [-0.39, 0.29) is 23.3 Å². The SMILES string of the molecule is CCC1=CC(c2cc(C)c(C(=O)N3CCOCC3)s2)=Nc2c(C(=O)NC(C)C(C)(C)C)c[nH]c2C1. The van der Waals surface area contributed by atoms with Gasteiger partial charge in [-0.05, 0) is 43.4 Å². The van der Waals surface area contributed by atoms with Gasteiger partial charge in [0.05, 0.1) is 39.9 Å². The summed E-state index contributed by atoms with van der Waals surface area (Å²) in [5.41, 5.74) is 5.11. The number of nitrogens with one attached hydrogen (secondary N) is 2. The minimum absolute atomic E-state index is 0.00723. The fourth-order valence-corrected chi connectivity index (χ4v) is 5.19. The van der Waals surface area contributed by atoms with Gasteiger partial charge >= 0.3 is 0 Å². The Morgan fingerprint density at radius 3 is 2.66 bits per heavy atom. The van der Waals surface area contributed by atoms with Crippen molar-refractivity contribution in [3.05, 3.63) is 50.5 Å². The maximum Gasteiger partial charge on any atom is 0.264 e. The number of aromatic amines is 1. The molecule has 1 saturated heterocycles. The van der Waals surface area contributed by atoms with Crippen molar-refractivity contribution in [1.82, 2.24) is 15.2 Å². The number of amides is 2. The Morgan fingerprint density at radius 2 is 2.00 bits per heavy atom. The summed E-state index contributed by atoms with van der Waals surface area (Å²) in [6.45, 7) is 14.8. The number of allylic oxidation sites excluding steroid dienone is 2. The van der Waals surface area contributed by atoms with Gasteiger partial charge in [0.1, 0.15) is 0 Å². The molecule has 1 atom stereocenters. The Kier molecular flexibility index (Phi) is 7.33. The van der Waals surface area contributed by atoms with Crippen molar-refractivity contribution in [1.29, 1.82) is 0 Å². The van der Waals surface area contributed by atoms with E-state index in [0.717, 1.165) is 33.1 Å². The molecule has 0 bridgehead atoms. The number of aryl methyl sites for hydroxylation is 1. The molecule has 1 fully saturated rings. The van der Waals surface area contributed by atoms with Crippen LogP contribution in [-0.4, -0.2) is 59.8 Å². The summed E-state index contributed by atoms with van der Waals surface area (Å²) in [6.07, 6.45) is 5.47. The number of aliphatic imine (C=N–C) groups is 1. The van der Waals surface area contributed by atoms with Crippen molar-refractivity contribution in [3.63, 3.8) is 0 Å². The normalized spacial score (nSPS) is 17.3. The highest BCUT2D eigenvalue weighted by Crippen LogP contribution is 2.34. The lowest BCUT2D eigenvalue weighted by atomic mass is 9.88. The van der Waals surface area contributed by atoms with E-state index in [1.165, 1.54) is 16.9 Å². The van der Waals surface area contributed by atoms with Crippen LogP contribution >= 0.6 is 11.3 Å². The Balaban J connectivity index is 1.69. The molecule has 35 heavy (non-hydrogen) atoms. The van der Waals surface area contributed by atoms with E-state index in [4.69, 9.17) is 9.73 Å². The molecule has 4 rings (SSSR count). The highest BCUT2D eigenvalue weighted by molar-refractivity contribution is 7.16. The van der Waals surface area contributed by atoms with E-state index in [9.17, 15) is 9.59 Å². The molecule has 0 spiro atoms. The Morgan fingerprint density at radius 1 is 1.29 bits per heavy atom. The minimum Gasteiger partial charge on any atom is -0.378 e. The van der Waals surface area contributed by atoms with Crippen LogP contribution in [-0.2, 0) is 11.2 Å². The molecule has 1 unspecified atom stereocenters. The van der Waals surface area contributed by atoms with E-state index in [1.807, 2.05) is 24.8 Å². The Bertz CT molecular complexity index is 1180. The first kappa shape index (κ1) is 25.4. The number of aromatic nitrogens is 1. The molecule has 8 heteroatoms. The number of thiophene rings is 1. The summed E-state index contributed by atoms with van der Waals surface area (Å²) in [7, 11) is 0. The van der Waals surface area contributed by atoms with Crippen molar-refractivity contribution in [2.24, 2.45) is 10.4 Å². The van der Waals surface area contributed by atoms with E-state index in [1.54, 1.807) is 6.20 Å². The molecule has 0 saturated carbocycles. The smallest absolute Gasteiger partial charge is 0.264 e. The van der Waals surface area contributed by atoms with Gasteiger partial charge < -0.3 is 19.9 Å². The zero-order valence-electron chi connectivity index (χ0n) is 21.6. The molecule has 2 aromatic heterocycles. The quantitative estimate of drug-likeness (QED) is 0.608. The van der Waals surface area contributed by atoms with Gasteiger partial charge in [-0.15, -0.1) is 11.3 Å². The number of H-pyrrole nitrogens is 1. The fraction of sp³-hybridized carbons (Fsp3) is 0.519. The molecule has 2 aliphatic rings. The predicted molar refractivity (Wildman–Crippen MR) is 141 cm³/mol. The topological polar surface area (TPSA) is 86.8 Å². The number of carbonyl (C=O) groups is 2. The average molecular weight is 497 g/mol. The van der Waals surface area contributed by atoms with E-state index in [0.29, 0.717) is 44.0 Å². The number of carbonyl (C=O) groups excluding carboxylic acids is 2. The first-order valence-corrected chi connectivity index (χ1v) is 13.2. The van der Waals surface area contributed by atoms with Crippen LogP contribution in [0.2, 0.25) is 0 Å². The molecule has 0 aliphatic carbocycles. The van der Waals surface area contributed by atoms with Crippen molar-refractivity contribution < 1.29 is 14.3 Å². The largest absolute Gasteiger partial charge is 0.378 e. The van der Waals surface area contributed by atoms with Gasteiger partial charge in [0, 0.05) is 37.4 Å². The summed E-state index contributed by atoms with van der Waals surface area (Å²) in [4.78, 5) is 38.2. The third-order valence-corrected chi connectivity index (χ3v) is 8.16. The second kappa shape index (κ2) is 10.1. The van der Waals surface area contributed by atoms with Crippen LogP contribution in [0, 0.1) is 12.3 Å². The highest BCUT2D eigenvalue weighted by Gasteiger charge is 2.27. The molecule has 0 aromatic carbocycles. The monoisotopic (exact) mass is 496 g/mol. The molecule has 0 radical (unpaired) electrons. The van der Waals surface area contributed by atoms with E-state index >= 15 is 0 Å². The van der Waals surface area contributed by atoms with Gasteiger partial charge in [-0.2, -0.15) is 0 Å². The number of ether oxygens (including phenoxy) is 1. The van der Waals surface area contributed by atoms with Gasteiger partial charge in [-0.3, -0.25) is 9.59 Å². The van der Waals surface area contributed by atoms with E-state index < -0.39 is 0 Å². The third kappa shape index (κ3) is 5.43. The lowest BCUT2D eigenvalue weighted by molar-refractivity contribution is 0.0305. The second-order valence-electron chi connectivity index (χ2n) is 10.4. The summed E-state index contributed by atoms with van der Waals surface area (Å²) in [6, 6.07) is 2.05. The van der Waals surface area contributed by atoms with Crippen LogP contribution in [0.3, 0.4) is 0 Å². The molecule has 2 aromatic rings. The molecule has 7 nitrogen and oxygen atoms in total. The summed E-state index contributed by atoms with van der Waals surface area (Å²) in [5, 5.41) is 3.13. The molecule has 188 valence electrons. The number of hydrogen-bond acceptors (Lipinski definition) is 5. The third-order valence-electron chi connectivity index (χ3n) is 6.92. The fourth-order valence-electron chi connectivity index (χ4n) is 4.09. The molecule has 4 heterocycles. The maximum atomic E-state index is 13.2. The van der Waals surface area contributed by atoms with Gasteiger partial charge in [-0.25, -0.2) is 4.99 Å². The molecule has 2 N–H and O–H groups in total. The zero-order chi connectivity index (χ0) is 25.3. The standard InChI is InChI=1S/C27H36N4O3S/c1-7-18-13-20(22-12-16(2)24(35-22)26(33)31-8-10-34-11-9-31)30-23-19(15-28-21(23)14-18)25(32)29-17(3)27(4,5)6/h12-13,15,17,28H,7-11,14H2,1-6H3,(H,29,32). The Hall–Kier alpha value is -2.71. The minimum atomic E-state index is -0.126. The summed E-state index contributed by atoms with van der Waals surface area (Å²) in [5.74, 6) is -0.0759. The number of nitrogens with zero attached hydrogens (tertiary/aromatic N) is 2. The van der Waals surface area contributed by atoms with Crippen LogP contribution in [0.4, 0.5) is 5.69 Å². The van der Waals surface area contributed by atoms with Crippen molar-refractivity contribution in [2.75, 3.05) is 26.3 Å². The zero-order valence-corrected chi connectivity index (χ0v) is 22.4. The van der Waals surface area contributed by atoms with Gasteiger partial charge in [0.15, 0.2) is 0 Å². The van der Waals surface area contributed by atoms with Crippen molar-refractivity contribution >= 4 is 34.6 Å². The second-order valence-corrected chi connectivity index (χ2v) is 11.5. The van der Waals surface area contributed by atoms with Gasteiger partial charge in [0.25, 0.3) is 11.8 Å². The van der Waals surface area contributed by atoms with Gasteiger partial charge in [-0.1, -0.05) is 33.3 Å². The summed E-state index contributed by atoms with van der Waals surface area (Å²) < 4.78 is 5.40. The predicted octanol–water partition coefficient (Wildman–Crippen LogP) is 5.03. The van der Waals surface area contributed by atoms with Gasteiger partial charge in [0.2, 0.25) is 0 Å². The lowest BCUT2D eigenvalue weighted by Gasteiger charge is -2.28. The average Bonchev–Trinajstić information content (AvgIpc) is 3.35. The maximum absolute atomic E-state index is 13.2. The number of hydrogen-bond donors (Lipinski definition) is 2. The molecule has 2 aliphatic heterocycles.